The van der Waals surface area contributed by atoms with Crippen LogP contribution in [0, 0.1) is 0 Å². The summed E-state index contributed by atoms with van der Waals surface area (Å²) in [7, 11) is 0. The monoisotopic (exact) mass is 486 g/mol. The van der Waals surface area contributed by atoms with Crippen LogP contribution in [0.15, 0.2) is 67.3 Å². The van der Waals surface area contributed by atoms with Gasteiger partial charge in [0.1, 0.15) is 11.0 Å². The van der Waals surface area contributed by atoms with Gasteiger partial charge in [0.05, 0.1) is 30.2 Å². The lowest BCUT2D eigenvalue weighted by molar-refractivity contribution is -0.137. The maximum Gasteiger partial charge on any atom is 0.416 e. The Hall–Kier alpha value is -3.92. The number of carbonyl (C=O) groups excluding carboxylic acids is 1. The Morgan fingerprint density at radius 2 is 1.91 bits per heavy atom. The Labute approximate surface area is 197 Å². The van der Waals surface area contributed by atoms with E-state index in [2.05, 4.69) is 30.8 Å². The van der Waals surface area contributed by atoms with E-state index in [4.69, 9.17) is 11.6 Å². The quantitative estimate of drug-likeness (QED) is 0.312. The van der Waals surface area contributed by atoms with Crippen molar-refractivity contribution in [3.8, 4) is 11.1 Å². The van der Waals surface area contributed by atoms with Gasteiger partial charge in [-0.3, -0.25) is 14.9 Å². The van der Waals surface area contributed by atoms with Crippen molar-refractivity contribution in [2.45, 2.75) is 19.1 Å². The van der Waals surface area contributed by atoms with Crippen LogP contribution in [0.1, 0.15) is 34.5 Å². The van der Waals surface area contributed by atoms with Crippen LogP contribution >= 0.6 is 11.6 Å². The lowest BCUT2D eigenvalue weighted by Crippen LogP contribution is -2.15. The second kappa shape index (κ2) is 9.52. The number of nitrogens with zero attached hydrogens (tertiary/aromatic N) is 3. The molecule has 34 heavy (non-hydrogen) atoms. The van der Waals surface area contributed by atoms with Crippen molar-refractivity contribution in [3.05, 3.63) is 89.1 Å². The standard InChI is InChI=1S/C23H18ClF3N6O/c1-13(31-21-12-28-11-20(24)33-21)14-3-2-4-19(8-14)32-22(34)16-5-15(17-9-29-30-10-17)6-18(7-16)23(25,26)27/h2-13H,1H3,(H,29,30)(H,31,33)(H,32,34). The molecule has 0 aliphatic carbocycles. The van der Waals surface area contributed by atoms with E-state index in [0.717, 1.165) is 17.7 Å². The molecular formula is C23H18ClF3N6O. The minimum atomic E-state index is -4.61. The van der Waals surface area contributed by atoms with E-state index < -0.39 is 17.6 Å². The molecule has 0 saturated carbocycles. The Bertz CT molecular complexity index is 1310. The summed E-state index contributed by atoms with van der Waals surface area (Å²) in [6.07, 6.45) is 1.18. The van der Waals surface area contributed by atoms with Gasteiger partial charge < -0.3 is 10.6 Å². The molecule has 0 bridgehead atoms. The number of hydrogen-bond donors (Lipinski definition) is 3. The summed E-state index contributed by atoms with van der Waals surface area (Å²) >= 11 is 5.86. The summed E-state index contributed by atoms with van der Waals surface area (Å²) in [5.41, 5.74) is 0.842. The van der Waals surface area contributed by atoms with Gasteiger partial charge in [0.2, 0.25) is 0 Å². The van der Waals surface area contributed by atoms with Crippen molar-refractivity contribution in [1.29, 1.82) is 0 Å². The summed E-state index contributed by atoms with van der Waals surface area (Å²) in [6, 6.07) is 9.92. The molecule has 4 aromatic rings. The molecule has 0 aliphatic rings. The summed E-state index contributed by atoms with van der Waals surface area (Å²) in [5.74, 6) is -0.195. The van der Waals surface area contributed by atoms with E-state index in [-0.39, 0.29) is 22.3 Å². The van der Waals surface area contributed by atoms with Crippen LogP contribution in [0.25, 0.3) is 11.1 Å². The first kappa shape index (κ1) is 23.2. The third kappa shape index (κ3) is 5.52. The maximum atomic E-state index is 13.4. The predicted octanol–water partition coefficient (Wildman–Crippen LogP) is 5.96. The molecule has 11 heteroatoms. The first-order valence-corrected chi connectivity index (χ1v) is 10.4. The first-order chi connectivity index (χ1) is 16.2. The maximum absolute atomic E-state index is 13.4. The van der Waals surface area contributed by atoms with Crippen LogP contribution in [0.3, 0.4) is 0 Å². The number of benzene rings is 2. The number of carbonyl (C=O) groups is 1. The second-order valence-electron chi connectivity index (χ2n) is 7.46. The number of amides is 1. The van der Waals surface area contributed by atoms with E-state index in [1.54, 1.807) is 18.2 Å². The highest BCUT2D eigenvalue weighted by atomic mass is 35.5. The van der Waals surface area contributed by atoms with Gasteiger partial charge in [0.15, 0.2) is 0 Å². The number of hydrogen-bond acceptors (Lipinski definition) is 5. The molecule has 0 saturated heterocycles. The highest BCUT2D eigenvalue weighted by molar-refractivity contribution is 6.29. The van der Waals surface area contributed by atoms with Crippen molar-refractivity contribution in [2.24, 2.45) is 0 Å². The minimum Gasteiger partial charge on any atom is -0.362 e. The molecule has 2 heterocycles. The predicted molar refractivity (Wildman–Crippen MR) is 123 cm³/mol. The van der Waals surface area contributed by atoms with Crippen LogP contribution in [0.5, 0.6) is 0 Å². The topological polar surface area (TPSA) is 95.6 Å². The molecule has 2 aromatic heterocycles. The van der Waals surface area contributed by atoms with E-state index in [9.17, 15) is 18.0 Å². The Morgan fingerprint density at radius 1 is 1.09 bits per heavy atom. The van der Waals surface area contributed by atoms with Crippen LogP contribution in [-0.2, 0) is 6.18 Å². The smallest absolute Gasteiger partial charge is 0.362 e. The molecule has 1 unspecified atom stereocenters. The van der Waals surface area contributed by atoms with Crippen molar-refractivity contribution in [1.82, 2.24) is 20.2 Å². The third-order valence-corrected chi connectivity index (χ3v) is 5.15. The fourth-order valence-electron chi connectivity index (χ4n) is 3.30. The highest BCUT2D eigenvalue weighted by Crippen LogP contribution is 2.33. The fourth-order valence-corrected chi connectivity index (χ4v) is 3.45. The zero-order valence-electron chi connectivity index (χ0n) is 17.7. The summed E-state index contributed by atoms with van der Waals surface area (Å²) in [5, 5.41) is 12.4. The Morgan fingerprint density at radius 3 is 2.62 bits per heavy atom. The minimum absolute atomic E-state index is 0.128. The molecule has 0 aliphatic heterocycles. The zero-order valence-corrected chi connectivity index (χ0v) is 18.4. The van der Waals surface area contributed by atoms with Gasteiger partial charge in [-0.1, -0.05) is 23.7 Å². The largest absolute Gasteiger partial charge is 0.416 e. The van der Waals surface area contributed by atoms with E-state index in [1.165, 1.54) is 30.9 Å². The van der Waals surface area contributed by atoms with Gasteiger partial charge in [-0.2, -0.15) is 18.3 Å². The zero-order chi connectivity index (χ0) is 24.3. The molecule has 0 radical (unpaired) electrons. The van der Waals surface area contributed by atoms with Gasteiger partial charge >= 0.3 is 6.18 Å². The number of anilines is 2. The van der Waals surface area contributed by atoms with Gasteiger partial charge in [0.25, 0.3) is 5.91 Å². The molecule has 1 atom stereocenters. The molecule has 3 N–H and O–H groups in total. The molecule has 2 aromatic carbocycles. The number of aromatic amines is 1. The van der Waals surface area contributed by atoms with Crippen LogP contribution in [-0.4, -0.2) is 26.1 Å². The van der Waals surface area contributed by atoms with Crippen LogP contribution in [0.2, 0.25) is 5.15 Å². The number of halogens is 4. The number of rotatable bonds is 6. The first-order valence-electron chi connectivity index (χ1n) is 10.1. The SMILES string of the molecule is CC(Nc1cncc(Cl)n1)c1cccc(NC(=O)c2cc(-c3cn[nH]c3)cc(C(F)(F)F)c2)c1. The molecule has 174 valence electrons. The summed E-state index contributed by atoms with van der Waals surface area (Å²) in [4.78, 5) is 21.0. The number of aromatic nitrogens is 4. The number of H-pyrrole nitrogens is 1. The van der Waals surface area contributed by atoms with E-state index in [1.807, 2.05) is 13.0 Å². The van der Waals surface area contributed by atoms with Crippen molar-refractivity contribution >= 4 is 29.0 Å². The lowest BCUT2D eigenvalue weighted by Gasteiger charge is -2.16. The average Bonchev–Trinajstić information content (AvgIpc) is 3.33. The van der Waals surface area contributed by atoms with Gasteiger partial charge in [-0.15, -0.1) is 0 Å². The average molecular weight is 487 g/mol. The molecule has 0 fully saturated rings. The van der Waals surface area contributed by atoms with Crippen molar-refractivity contribution < 1.29 is 18.0 Å². The number of nitrogens with one attached hydrogen (secondary N) is 3. The van der Waals surface area contributed by atoms with Crippen molar-refractivity contribution in [3.63, 3.8) is 0 Å². The van der Waals surface area contributed by atoms with Gasteiger partial charge in [-0.25, -0.2) is 4.98 Å². The van der Waals surface area contributed by atoms with Gasteiger partial charge in [0, 0.05) is 23.0 Å². The van der Waals surface area contributed by atoms with Crippen molar-refractivity contribution in [2.75, 3.05) is 10.6 Å². The highest BCUT2D eigenvalue weighted by Gasteiger charge is 2.32. The van der Waals surface area contributed by atoms with Crippen LogP contribution in [0.4, 0.5) is 24.7 Å². The summed E-state index contributed by atoms with van der Waals surface area (Å²) < 4.78 is 40.3. The molecule has 4 rings (SSSR count). The Balaban J connectivity index is 1.56. The fraction of sp³-hybridized carbons (Fsp3) is 0.130. The molecule has 7 nitrogen and oxygen atoms in total. The second-order valence-corrected chi connectivity index (χ2v) is 7.84. The third-order valence-electron chi connectivity index (χ3n) is 4.97. The van der Waals surface area contributed by atoms with Crippen LogP contribution < -0.4 is 10.6 Å². The van der Waals surface area contributed by atoms with Gasteiger partial charge in [-0.05, 0) is 48.4 Å². The lowest BCUT2D eigenvalue weighted by atomic mass is 10.0. The van der Waals surface area contributed by atoms with E-state index in [0.29, 0.717) is 17.1 Å². The normalized spacial score (nSPS) is 12.3. The molecular weight excluding hydrogens is 469 g/mol. The Kier molecular flexibility index (Phi) is 6.51. The molecule has 0 spiro atoms. The van der Waals surface area contributed by atoms with E-state index >= 15 is 0 Å². The molecule has 1 amide bonds. The summed E-state index contributed by atoms with van der Waals surface area (Å²) in [6.45, 7) is 1.88. The number of alkyl halides is 3.